The summed E-state index contributed by atoms with van der Waals surface area (Å²) in [5.74, 6) is 1.18. The zero-order chi connectivity index (χ0) is 10.5. The average Bonchev–Trinajstić information content (AvgIpc) is 2.66. The molecule has 2 heterocycles. The van der Waals surface area contributed by atoms with Crippen LogP contribution in [0, 0.1) is 0 Å². The minimum Gasteiger partial charge on any atom is -0.373 e. The Morgan fingerprint density at radius 2 is 2.40 bits per heavy atom. The Labute approximate surface area is 90.4 Å². The van der Waals surface area contributed by atoms with Crippen LogP contribution in [0.2, 0.25) is 0 Å². The van der Waals surface area contributed by atoms with Crippen LogP contribution in [0.4, 0.5) is 0 Å². The molecule has 82 valence electrons. The topological polar surface area (TPSA) is 42.2 Å². The van der Waals surface area contributed by atoms with Gasteiger partial charge in [-0.15, -0.1) is 0 Å². The van der Waals surface area contributed by atoms with Crippen LogP contribution < -0.4 is 5.32 Å². The van der Waals surface area contributed by atoms with Crippen molar-refractivity contribution in [1.82, 2.24) is 15.1 Å². The summed E-state index contributed by atoms with van der Waals surface area (Å²) in [4.78, 5) is 4.45. The molecule has 0 atom stereocenters. The SMILES string of the molecule is Cn1nccc1CCNC1=NCCCC1. The number of rotatable bonds is 3. The fraction of sp³-hybridized carbons (Fsp3) is 0.636. The van der Waals surface area contributed by atoms with Crippen LogP contribution in [0.25, 0.3) is 0 Å². The van der Waals surface area contributed by atoms with E-state index in [0.29, 0.717) is 0 Å². The van der Waals surface area contributed by atoms with Crippen molar-refractivity contribution in [3.05, 3.63) is 18.0 Å². The van der Waals surface area contributed by atoms with Crippen molar-refractivity contribution in [2.75, 3.05) is 13.1 Å². The second-order valence-electron chi connectivity index (χ2n) is 3.91. The van der Waals surface area contributed by atoms with Crippen LogP contribution in [0.5, 0.6) is 0 Å². The molecular weight excluding hydrogens is 188 g/mol. The molecule has 0 bridgehead atoms. The van der Waals surface area contributed by atoms with Gasteiger partial charge in [0.15, 0.2) is 0 Å². The highest BCUT2D eigenvalue weighted by molar-refractivity contribution is 5.82. The molecule has 0 fully saturated rings. The quantitative estimate of drug-likeness (QED) is 0.805. The van der Waals surface area contributed by atoms with Gasteiger partial charge in [0.1, 0.15) is 0 Å². The highest BCUT2D eigenvalue weighted by Crippen LogP contribution is 2.04. The van der Waals surface area contributed by atoms with E-state index in [1.807, 2.05) is 17.9 Å². The van der Waals surface area contributed by atoms with Gasteiger partial charge >= 0.3 is 0 Å². The minimum absolute atomic E-state index is 0.957. The number of amidine groups is 1. The summed E-state index contributed by atoms with van der Waals surface area (Å²) in [7, 11) is 1.98. The van der Waals surface area contributed by atoms with Gasteiger partial charge in [0.05, 0.1) is 5.84 Å². The number of aliphatic imine (C=N–C) groups is 1. The molecule has 0 saturated heterocycles. The molecule has 0 saturated carbocycles. The second-order valence-corrected chi connectivity index (χ2v) is 3.91. The van der Waals surface area contributed by atoms with E-state index in [2.05, 4.69) is 21.5 Å². The van der Waals surface area contributed by atoms with Gasteiger partial charge in [-0.25, -0.2) is 0 Å². The summed E-state index contributed by atoms with van der Waals surface area (Å²) in [5, 5.41) is 7.54. The second kappa shape index (κ2) is 4.96. The Morgan fingerprint density at radius 1 is 1.47 bits per heavy atom. The molecule has 0 spiro atoms. The third-order valence-electron chi connectivity index (χ3n) is 2.76. The Kier molecular flexibility index (Phi) is 3.37. The molecule has 0 unspecified atom stereocenters. The summed E-state index contributed by atoms with van der Waals surface area (Å²) in [6, 6.07) is 2.06. The zero-order valence-electron chi connectivity index (χ0n) is 9.24. The van der Waals surface area contributed by atoms with E-state index in [4.69, 9.17) is 0 Å². The molecule has 4 heteroatoms. The van der Waals surface area contributed by atoms with Gasteiger partial charge in [-0.3, -0.25) is 9.67 Å². The van der Waals surface area contributed by atoms with Gasteiger partial charge in [-0.05, 0) is 18.9 Å². The Bertz CT molecular complexity index is 340. The molecule has 0 amide bonds. The van der Waals surface area contributed by atoms with E-state index >= 15 is 0 Å². The van der Waals surface area contributed by atoms with Crippen molar-refractivity contribution >= 4 is 5.84 Å². The highest BCUT2D eigenvalue weighted by atomic mass is 15.3. The minimum atomic E-state index is 0.957. The van der Waals surface area contributed by atoms with Crippen LogP contribution in [0.3, 0.4) is 0 Å². The predicted molar refractivity (Wildman–Crippen MR) is 61.1 cm³/mol. The summed E-state index contributed by atoms with van der Waals surface area (Å²) < 4.78 is 1.92. The molecule has 1 aromatic heterocycles. The predicted octanol–water partition coefficient (Wildman–Crippen LogP) is 1.13. The monoisotopic (exact) mass is 206 g/mol. The number of aryl methyl sites for hydroxylation is 1. The maximum absolute atomic E-state index is 4.45. The van der Waals surface area contributed by atoms with Gasteiger partial charge in [0.25, 0.3) is 0 Å². The van der Waals surface area contributed by atoms with Gasteiger partial charge in [-0.1, -0.05) is 0 Å². The number of nitrogens with one attached hydrogen (secondary N) is 1. The lowest BCUT2D eigenvalue weighted by Gasteiger charge is -2.13. The normalized spacial score (nSPS) is 16.2. The molecule has 1 aliphatic heterocycles. The van der Waals surface area contributed by atoms with E-state index in [0.717, 1.165) is 25.9 Å². The third kappa shape index (κ3) is 2.81. The first-order valence-electron chi connectivity index (χ1n) is 5.60. The summed E-state index contributed by atoms with van der Waals surface area (Å²) in [6.07, 6.45) is 6.48. The van der Waals surface area contributed by atoms with Crippen LogP contribution in [0.15, 0.2) is 17.3 Å². The average molecular weight is 206 g/mol. The number of hydrogen-bond acceptors (Lipinski definition) is 3. The number of nitrogens with zero attached hydrogens (tertiary/aromatic N) is 3. The Hall–Kier alpha value is -1.32. The molecular formula is C11H18N4. The molecule has 0 aliphatic carbocycles. The Morgan fingerprint density at radius 3 is 3.07 bits per heavy atom. The van der Waals surface area contributed by atoms with Crippen LogP contribution in [-0.2, 0) is 13.5 Å². The van der Waals surface area contributed by atoms with Gasteiger partial charge in [0.2, 0.25) is 0 Å². The first-order chi connectivity index (χ1) is 7.36. The van der Waals surface area contributed by atoms with Crippen molar-refractivity contribution in [2.45, 2.75) is 25.7 Å². The molecule has 15 heavy (non-hydrogen) atoms. The third-order valence-corrected chi connectivity index (χ3v) is 2.76. The van der Waals surface area contributed by atoms with Crippen molar-refractivity contribution in [3.8, 4) is 0 Å². The maximum atomic E-state index is 4.45. The van der Waals surface area contributed by atoms with Gasteiger partial charge < -0.3 is 5.32 Å². The molecule has 1 N–H and O–H groups in total. The van der Waals surface area contributed by atoms with Gasteiger partial charge in [0, 0.05) is 44.9 Å². The molecule has 0 radical (unpaired) electrons. The lowest BCUT2D eigenvalue weighted by Crippen LogP contribution is -2.28. The zero-order valence-corrected chi connectivity index (χ0v) is 9.24. The lowest BCUT2D eigenvalue weighted by atomic mass is 10.2. The molecule has 2 rings (SSSR count). The van der Waals surface area contributed by atoms with E-state index < -0.39 is 0 Å². The number of aromatic nitrogens is 2. The smallest absolute Gasteiger partial charge is 0.0963 e. The largest absolute Gasteiger partial charge is 0.373 e. The van der Waals surface area contributed by atoms with E-state index in [9.17, 15) is 0 Å². The van der Waals surface area contributed by atoms with E-state index in [1.165, 1.54) is 24.4 Å². The standard InChI is InChI=1S/C11H18N4/c1-15-10(6-9-14-15)5-8-13-11-4-2-3-7-12-11/h6,9H,2-5,7-8H2,1H3,(H,12,13). The summed E-state index contributed by atoms with van der Waals surface area (Å²) in [6.45, 7) is 1.95. The van der Waals surface area contributed by atoms with E-state index in [-0.39, 0.29) is 0 Å². The van der Waals surface area contributed by atoms with E-state index in [1.54, 1.807) is 0 Å². The first-order valence-corrected chi connectivity index (χ1v) is 5.60. The molecule has 1 aromatic rings. The highest BCUT2D eigenvalue weighted by Gasteiger charge is 2.04. The van der Waals surface area contributed by atoms with Crippen LogP contribution in [0.1, 0.15) is 25.0 Å². The first kappa shape index (κ1) is 10.2. The van der Waals surface area contributed by atoms with Crippen molar-refractivity contribution in [1.29, 1.82) is 0 Å². The van der Waals surface area contributed by atoms with Gasteiger partial charge in [-0.2, -0.15) is 5.10 Å². The number of hydrogen-bond donors (Lipinski definition) is 1. The fourth-order valence-corrected chi connectivity index (χ4v) is 1.82. The lowest BCUT2D eigenvalue weighted by molar-refractivity contribution is 0.676. The molecule has 4 nitrogen and oxygen atoms in total. The van der Waals surface area contributed by atoms with Crippen molar-refractivity contribution in [3.63, 3.8) is 0 Å². The van der Waals surface area contributed by atoms with Crippen LogP contribution in [-0.4, -0.2) is 28.7 Å². The van der Waals surface area contributed by atoms with Crippen molar-refractivity contribution < 1.29 is 0 Å². The van der Waals surface area contributed by atoms with Crippen LogP contribution >= 0.6 is 0 Å². The fourth-order valence-electron chi connectivity index (χ4n) is 1.82. The maximum Gasteiger partial charge on any atom is 0.0963 e. The van der Waals surface area contributed by atoms with Crippen molar-refractivity contribution in [2.24, 2.45) is 12.0 Å². The summed E-state index contributed by atoms with van der Waals surface area (Å²) >= 11 is 0. The Balaban J connectivity index is 1.75. The molecule has 1 aliphatic rings. The summed E-state index contributed by atoms with van der Waals surface area (Å²) in [5.41, 5.74) is 1.26. The molecule has 0 aromatic carbocycles.